The normalized spacial score (nSPS) is 29.5. The van der Waals surface area contributed by atoms with Gasteiger partial charge in [-0.3, -0.25) is 14.4 Å². The van der Waals surface area contributed by atoms with E-state index in [4.69, 9.17) is 10.5 Å². The Kier molecular flexibility index (Phi) is 6.72. The zero-order chi connectivity index (χ0) is 25.5. The van der Waals surface area contributed by atoms with Gasteiger partial charge in [0.15, 0.2) is 0 Å². The zero-order valence-electron chi connectivity index (χ0n) is 21.5. The van der Waals surface area contributed by atoms with Gasteiger partial charge in [-0.1, -0.05) is 13.8 Å². The van der Waals surface area contributed by atoms with E-state index < -0.39 is 5.54 Å². The predicted molar refractivity (Wildman–Crippen MR) is 132 cm³/mol. The molecule has 4 aliphatic carbocycles. The summed E-state index contributed by atoms with van der Waals surface area (Å²) in [6.07, 6.45) is 9.54. The number of carbonyl (C=O) groups excluding carboxylic acids is 3. The van der Waals surface area contributed by atoms with E-state index in [9.17, 15) is 14.4 Å². The maximum Gasteiger partial charge on any atom is 0.258 e. The number of hydrogen-bond acceptors (Lipinski definition) is 5. The standard InChI is InChI=1S/C26H39N5O4/c1-15(2)14-35-23-20(13-28-31(23)7-6-25(4,5)30-16(3)32)22(33)29-21-18-8-17-9-19(21)12-26(10-17,11-18)24(27)34/h6-7,13,15,17-19,21H,8-12,14H2,1-5H3,(H2,27,34)(H,29,33)(H,30,32). The van der Waals surface area contributed by atoms with Crippen molar-refractivity contribution in [3.63, 3.8) is 0 Å². The number of primary amides is 1. The zero-order valence-corrected chi connectivity index (χ0v) is 21.5. The van der Waals surface area contributed by atoms with Crippen LogP contribution in [0.25, 0.3) is 6.20 Å². The minimum atomic E-state index is -0.591. The highest BCUT2D eigenvalue weighted by Gasteiger charge is 2.58. The molecule has 35 heavy (non-hydrogen) atoms. The van der Waals surface area contributed by atoms with Gasteiger partial charge >= 0.3 is 0 Å². The lowest BCUT2D eigenvalue weighted by Crippen LogP contribution is -2.62. The Morgan fingerprint density at radius 3 is 2.49 bits per heavy atom. The summed E-state index contributed by atoms with van der Waals surface area (Å²) >= 11 is 0. The average Bonchev–Trinajstić information content (AvgIpc) is 3.15. The van der Waals surface area contributed by atoms with E-state index in [-0.39, 0.29) is 46.9 Å². The first-order valence-electron chi connectivity index (χ1n) is 12.7. The molecular formula is C26H39N5O4. The van der Waals surface area contributed by atoms with Crippen LogP contribution in [0, 0.1) is 29.1 Å². The van der Waals surface area contributed by atoms with Crippen molar-refractivity contribution in [3.8, 4) is 5.88 Å². The highest BCUT2D eigenvalue weighted by molar-refractivity contribution is 5.96. The van der Waals surface area contributed by atoms with Crippen molar-refractivity contribution in [2.24, 2.45) is 34.8 Å². The van der Waals surface area contributed by atoms with E-state index in [2.05, 4.69) is 15.7 Å². The molecule has 4 saturated carbocycles. The van der Waals surface area contributed by atoms with Crippen molar-refractivity contribution in [1.29, 1.82) is 0 Å². The molecule has 1 aromatic rings. The Bertz CT molecular complexity index is 1010. The molecular weight excluding hydrogens is 446 g/mol. The van der Waals surface area contributed by atoms with E-state index in [1.54, 1.807) is 10.9 Å². The van der Waals surface area contributed by atoms with Crippen molar-refractivity contribution in [1.82, 2.24) is 20.4 Å². The van der Waals surface area contributed by atoms with E-state index in [0.717, 1.165) is 32.1 Å². The molecule has 1 aromatic heterocycles. The van der Waals surface area contributed by atoms with Crippen LogP contribution in [0.3, 0.4) is 0 Å². The van der Waals surface area contributed by atoms with Gasteiger partial charge in [-0.25, -0.2) is 4.68 Å². The smallest absolute Gasteiger partial charge is 0.258 e. The summed E-state index contributed by atoms with van der Waals surface area (Å²) in [5.74, 6) is 1.18. The first-order valence-corrected chi connectivity index (χ1v) is 12.7. The van der Waals surface area contributed by atoms with Crippen LogP contribution in [0.2, 0.25) is 0 Å². The Balaban J connectivity index is 1.54. The van der Waals surface area contributed by atoms with E-state index >= 15 is 0 Å². The largest absolute Gasteiger partial charge is 0.477 e. The number of nitrogens with zero attached hydrogens (tertiary/aromatic N) is 2. The third-order valence-electron chi connectivity index (χ3n) is 7.77. The number of rotatable bonds is 9. The maximum absolute atomic E-state index is 13.5. The highest BCUT2D eigenvalue weighted by Crippen LogP contribution is 2.59. The molecule has 9 heteroatoms. The Morgan fingerprint density at radius 2 is 1.91 bits per heavy atom. The Morgan fingerprint density at radius 1 is 1.26 bits per heavy atom. The van der Waals surface area contributed by atoms with Crippen LogP contribution in [0.5, 0.6) is 5.88 Å². The van der Waals surface area contributed by atoms with Gasteiger partial charge in [-0.05, 0) is 75.7 Å². The van der Waals surface area contributed by atoms with Gasteiger partial charge in [0.2, 0.25) is 17.7 Å². The van der Waals surface area contributed by atoms with Crippen molar-refractivity contribution >= 4 is 23.9 Å². The Labute approximate surface area is 207 Å². The van der Waals surface area contributed by atoms with E-state index in [1.807, 2.05) is 33.8 Å². The van der Waals surface area contributed by atoms with Crippen LogP contribution in [0.4, 0.5) is 0 Å². The molecule has 4 bridgehead atoms. The number of hydrogen-bond donors (Lipinski definition) is 3. The molecule has 0 aromatic carbocycles. The summed E-state index contributed by atoms with van der Waals surface area (Å²) in [5, 5.41) is 10.5. The first-order chi connectivity index (χ1) is 16.4. The van der Waals surface area contributed by atoms with Gasteiger partial charge in [0.05, 0.1) is 18.3 Å². The predicted octanol–water partition coefficient (Wildman–Crippen LogP) is 2.71. The number of ether oxygens (including phenoxy) is 1. The Hall–Kier alpha value is -2.84. The van der Waals surface area contributed by atoms with E-state index in [0.29, 0.717) is 24.0 Å². The van der Waals surface area contributed by atoms with Gasteiger partial charge in [-0.2, -0.15) is 5.10 Å². The van der Waals surface area contributed by atoms with Crippen molar-refractivity contribution in [3.05, 3.63) is 17.8 Å². The first kappa shape index (κ1) is 25.3. The van der Waals surface area contributed by atoms with Crippen LogP contribution < -0.4 is 21.1 Å². The maximum atomic E-state index is 13.5. The van der Waals surface area contributed by atoms with E-state index in [1.165, 1.54) is 13.1 Å². The van der Waals surface area contributed by atoms with Crippen LogP contribution in [0.15, 0.2) is 12.3 Å². The molecule has 2 atom stereocenters. The lowest BCUT2D eigenvalue weighted by atomic mass is 9.47. The van der Waals surface area contributed by atoms with Gasteiger partial charge in [-0.15, -0.1) is 0 Å². The summed E-state index contributed by atoms with van der Waals surface area (Å²) in [7, 11) is 0. The second-order valence-corrected chi connectivity index (χ2v) is 11.8. The molecule has 9 nitrogen and oxygen atoms in total. The molecule has 3 amide bonds. The third-order valence-corrected chi connectivity index (χ3v) is 7.77. The topological polar surface area (TPSA) is 128 Å². The minimum Gasteiger partial charge on any atom is -0.477 e. The second kappa shape index (κ2) is 9.32. The molecule has 0 aliphatic heterocycles. The molecule has 4 fully saturated rings. The summed E-state index contributed by atoms with van der Waals surface area (Å²) in [5.41, 5.74) is 5.21. The minimum absolute atomic E-state index is 0.0297. The van der Waals surface area contributed by atoms with Gasteiger partial charge in [0.1, 0.15) is 5.56 Å². The van der Waals surface area contributed by atoms with Gasteiger partial charge in [0.25, 0.3) is 5.91 Å². The lowest BCUT2D eigenvalue weighted by Gasteiger charge is -2.58. The lowest BCUT2D eigenvalue weighted by molar-refractivity contribution is -0.145. The third kappa shape index (κ3) is 5.23. The number of nitrogens with one attached hydrogen (secondary N) is 2. The van der Waals surface area contributed by atoms with Crippen LogP contribution in [-0.4, -0.2) is 45.7 Å². The number of carbonyl (C=O) groups is 3. The number of nitrogens with two attached hydrogens (primary N) is 1. The van der Waals surface area contributed by atoms with Crippen molar-refractivity contribution in [2.75, 3.05) is 6.61 Å². The summed E-state index contributed by atoms with van der Waals surface area (Å²) < 4.78 is 7.57. The van der Waals surface area contributed by atoms with Gasteiger partial charge < -0.3 is 21.1 Å². The van der Waals surface area contributed by atoms with Gasteiger partial charge in [0, 0.05) is 24.6 Å². The number of amides is 3. The fourth-order valence-corrected chi connectivity index (χ4v) is 6.55. The quantitative estimate of drug-likeness (QED) is 0.495. The summed E-state index contributed by atoms with van der Waals surface area (Å²) in [4.78, 5) is 37.2. The molecule has 2 unspecified atom stereocenters. The SMILES string of the molecule is CC(=O)NC(C)(C)C=Cn1ncc(C(=O)NC2C3CC4CC2CC(C(N)=O)(C4)C3)c1OCC(C)C. The molecule has 0 spiro atoms. The number of aromatic nitrogens is 2. The molecule has 0 saturated heterocycles. The fourth-order valence-electron chi connectivity index (χ4n) is 6.55. The highest BCUT2D eigenvalue weighted by atomic mass is 16.5. The van der Waals surface area contributed by atoms with Crippen molar-refractivity contribution in [2.45, 2.75) is 78.3 Å². The molecule has 4 aliphatic rings. The van der Waals surface area contributed by atoms with Crippen LogP contribution in [-0.2, 0) is 9.59 Å². The molecule has 192 valence electrons. The molecule has 5 rings (SSSR count). The average molecular weight is 486 g/mol. The van der Waals surface area contributed by atoms with Crippen LogP contribution >= 0.6 is 0 Å². The molecule has 1 heterocycles. The van der Waals surface area contributed by atoms with Crippen molar-refractivity contribution < 1.29 is 19.1 Å². The molecule has 4 N–H and O–H groups in total. The molecule has 0 radical (unpaired) electrons. The summed E-state index contributed by atoms with van der Waals surface area (Å²) in [6.45, 7) is 9.74. The summed E-state index contributed by atoms with van der Waals surface area (Å²) in [6, 6.07) is 0.0297. The second-order valence-electron chi connectivity index (χ2n) is 11.8. The van der Waals surface area contributed by atoms with Crippen LogP contribution in [0.1, 0.15) is 77.1 Å². The monoisotopic (exact) mass is 485 g/mol. The fraction of sp³-hybridized carbons (Fsp3) is 0.692.